The van der Waals surface area contributed by atoms with Crippen LogP contribution in [-0.4, -0.2) is 19.1 Å². The Morgan fingerprint density at radius 1 is 0.242 bits per heavy atom. The van der Waals surface area contributed by atoms with Crippen molar-refractivity contribution in [1.29, 1.82) is 0 Å². The third-order valence-electron chi connectivity index (χ3n) is 12.1. The van der Waals surface area contributed by atoms with Crippen molar-refractivity contribution in [3.8, 4) is 67.5 Å². The van der Waals surface area contributed by atoms with Crippen molar-refractivity contribution in [3.63, 3.8) is 0 Å². The van der Waals surface area contributed by atoms with E-state index in [2.05, 4.69) is 234 Å². The third kappa shape index (κ3) is 6.08. The van der Waals surface area contributed by atoms with E-state index in [1.54, 1.807) is 0 Å². The Labute approximate surface area is 359 Å². The molecule has 3 aromatic heterocycles. The molecule has 12 rings (SSSR count). The summed E-state index contributed by atoms with van der Waals surface area (Å²) >= 11 is 0. The molecule has 9 aromatic carbocycles. The molecular formula is C58H38N4. The first kappa shape index (κ1) is 35.6. The second-order valence-corrected chi connectivity index (χ2v) is 15.8. The molecular weight excluding hydrogens is 753 g/mol. The number of hydrogen-bond donors (Lipinski definition) is 0. The Morgan fingerprint density at radius 3 is 1.24 bits per heavy atom. The molecule has 0 N–H and O–H groups in total. The summed E-state index contributed by atoms with van der Waals surface area (Å²) in [4.78, 5) is 10.4. The molecule has 0 saturated heterocycles. The number of benzene rings is 9. The van der Waals surface area contributed by atoms with Crippen molar-refractivity contribution in [2.45, 2.75) is 0 Å². The minimum absolute atomic E-state index is 0.690. The van der Waals surface area contributed by atoms with Crippen LogP contribution in [0.15, 0.2) is 231 Å². The van der Waals surface area contributed by atoms with Gasteiger partial charge in [-0.3, -0.25) is 0 Å². The summed E-state index contributed by atoms with van der Waals surface area (Å²) < 4.78 is 4.79. The molecule has 0 unspecified atom stereocenters. The highest BCUT2D eigenvalue weighted by Crippen LogP contribution is 2.40. The highest BCUT2D eigenvalue weighted by atomic mass is 15.0. The number of para-hydroxylation sites is 3. The van der Waals surface area contributed by atoms with Gasteiger partial charge in [-0.1, -0.05) is 170 Å². The van der Waals surface area contributed by atoms with Gasteiger partial charge < -0.3 is 9.13 Å². The van der Waals surface area contributed by atoms with Gasteiger partial charge in [-0.2, -0.15) is 0 Å². The predicted molar refractivity (Wildman–Crippen MR) is 258 cm³/mol. The largest absolute Gasteiger partial charge is 0.309 e. The maximum Gasteiger partial charge on any atom is 0.160 e. The summed E-state index contributed by atoms with van der Waals surface area (Å²) in [7, 11) is 0. The summed E-state index contributed by atoms with van der Waals surface area (Å²) in [6.45, 7) is 0. The molecule has 4 nitrogen and oxygen atoms in total. The molecule has 0 aliphatic heterocycles. The molecule has 0 fully saturated rings. The molecule has 0 atom stereocenters. The van der Waals surface area contributed by atoms with Gasteiger partial charge in [0.05, 0.1) is 33.5 Å². The van der Waals surface area contributed by atoms with Crippen LogP contribution in [0, 0.1) is 0 Å². The van der Waals surface area contributed by atoms with Crippen LogP contribution in [0.25, 0.3) is 111 Å². The summed E-state index contributed by atoms with van der Waals surface area (Å²) in [5, 5.41) is 4.96. The van der Waals surface area contributed by atoms with Crippen LogP contribution in [0.4, 0.5) is 0 Å². The molecule has 0 spiro atoms. The Hall–Kier alpha value is -8.34. The number of rotatable bonds is 7. The van der Waals surface area contributed by atoms with E-state index in [9.17, 15) is 0 Å². The second-order valence-electron chi connectivity index (χ2n) is 15.8. The average molecular weight is 791 g/mol. The fourth-order valence-corrected chi connectivity index (χ4v) is 9.15. The first-order valence-corrected chi connectivity index (χ1v) is 21.1. The van der Waals surface area contributed by atoms with Gasteiger partial charge in [0.15, 0.2) is 5.82 Å². The molecule has 62 heavy (non-hydrogen) atoms. The van der Waals surface area contributed by atoms with E-state index in [0.717, 1.165) is 50.5 Å². The highest BCUT2D eigenvalue weighted by molar-refractivity contribution is 6.19. The number of aromatic nitrogens is 4. The monoisotopic (exact) mass is 790 g/mol. The molecule has 12 aromatic rings. The lowest BCUT2D eigenvalue weighted by Crippen LogP contribution is -1.97. The molecule has 290 valence electrons. The van der Waals surface area contributed by atoms with Crippen molar-refractivity contribution in [2.24, 2.45) is 0 Å². The summed E-state index contributed by atoms with van der Waals surface area (Å²) in [5.74, 6) is 0.690. The average Bonchev–Trinajstić information content (AvgIpc) is 3.86. The zero-order valence-corrected chi connectivity index (χ0v) is 33.7. The molecule has 0 aliphatic rings. The fraction of sp³-hybridized carbons (Fsp3) is 0. The smallest absolute Gasteiger partial charge is 0.160 e. The maximum atomic E-state index is 5.22. The Bertz CT molecular complexity index is 3590. The van der Waals surface area contributed by atoms with Gasteiger partial charge in [0, 0.05) is 49.6 Å². The van der Waals surface area contributed by atoms with Crippen LogP contribution < -0.4 is 0 Å². The van der Waals surface area contributed by atoms with Crippen molar-refractivity contribution in [1.82, 2.24) is 19.1 Å². The van der Waals surface area contributed by atoms with Crippen LogP contribution in [0.2, 0.25) is 0 Å². The first-order chi connectivity index (χ1) is 30.7. The lowest BCUT2D eigenvalue weighted by molar-refractivity contribution is 1.16. The Balaban J connectivity index is 0.958. The van der Waals surface area contributed by atoms with E-state index in [0.29, 0.717) is 5.82 Å². The third-order valence-corrected chi connectivity index (χ3v) is 12.1. The van der Waals surface area contributed by atoms with Crippen molar-refractivity contribution in [3.05, 3.63) is 231 Å². The molecule has 4 heteroatoms. The Morgan fingerprint density at radius 2 is 0.661 bits per heavy atom. The number of hydrogen-bond acceptors (Lipinski definition) is 2. The van der Waals surface area contributed by atoms with Gasteiger partial charge in [-0.25, -0.2) is 9.97 Å². The minimum Gasteiger partial charge on any atom is -0.309 e. The van der Waals surface area contributed by atoms with E-state index in [1.165, 1.54) is 54.8 Å². The van der Waals surface area contributed by atoms with Crippen molar-refractivity contribution < 1.29 is 0 Å². The zero-order valence-electron chi connectivity index (χ0n) is 33.7. The minimum atomic E-state index is 0.690. The van der Waals surface area contributed by atoms with Gasteiger partial charge in [0.25, 0.3) is 0 Å². The molecule has 0 radical (unpaired) electrons. The molecule has 0 aliphatic carbocycles. The van der Waals surface area contributed by atoms with Gasteiger partial charge >= 0.3 is 0 Å². The molecule has 3 heterocycles. The van der Waals surface area contributed by atoms with Crippen molar-refractivity contribution >= 4 is 43.6 Å². The number of nitrogens with zero attached hydrogens (tertiary/aromatic N) is 4. The van der Waals surface area contributed by atoms with E-state index < -0.39 is 0 Å². The molecule has 0 bridgehead atoms. The van der Waals surface area contributed by atoms with E-state index in [-0.39, 0.29) is 0 Å². The number of fused-ring (bicyclic) bond motifs is 6. The molecule has 0 saturated carbocycles. The highest BCUT2D eigenvalue weighted by Gasteiger charge is 2.19. The standard InChI is InChI=1S/C58H38N4/c1-4-15-39(16-5-1)44-19-14-20-45(35-44)40-27-29-43(30-28-40)58-59-52(41-17-6-2-7-18-41)37-53(60-58)42-31-33-47(34-32-42)62-55-26-13-11-24-49(55)51-36-50-48-23-10-12-25-54(48)61(56(50)38-57(51)62)46-21-8-3-9-22-46/h1-38H. The van der Waals surface area contributed by atoms with Crippen LogP contribution in [0.3, 0.4) is 0 Å². The predicted octanol–water partition coefficient (Wildman–Crippen LogP) is 15.0. The van der Waals surface area contributed by atoms with Gasteiger partial charge in [0.1, 0.15) is 0 Å². The Kier molecular flexibility index (Phi) is 8.46. The van der Waals surface area contributed by atoms with Gasteiger partial charge in [-0.05, 0) is 82.9 Å². The van der Waals surface area contributed by atoms with Crippen LogP contribution in [-0.2, 0) is 0 Å². The van der Waals surface area contributed by atoms with Crippen LogP contribution in [0.1, 0.15) is 0 Å². The summed E-state index contributed by atoms with van der Waals surface area (Å²) in [5.41, 5.74) is 16.5. The normalized spacial score (nSPS) is 11.5. The lowest BCUT2D eigenvalue weighted by atomic mass is 9.98. The van der Waals surface area contributed by atoms with Gasteiger partial charge in [-0.15, -0.1) is 0 Å². The van der Waals surface area contributed by atoms with E-state index in [1.807, 2.05) is 6.07 Å². The lowest BCUT2D eigenvalue weighted by Gasteiger charge is -2.12. The quantitative estimate of drug-likeness (QED) is 0.161. The zero-order chi connectivity index (χ0) is 41.0. The van der Waals surface area contributed by atoms with E-state index >= 15 is 0 Å². The fourth-order valence-electron chi connectivity index (χ4n) is 9.15. The van der Waals surface area contributed by atoms with Crippen LogP contribution >= 0.6 is 0 Å². The maximum absolute atomic E-state index is 5.22. The summed E-state index contributed by atoms with van der Waals surface area (Å²) in [6.07, 6.45) is 0. The van der Waals surface area contributed by atoms with Crippen LogP contribution in [0.5, 0.6) is 0 Å². The molecule has 0 amide bonds. The summed E-state index contributed by atoms with van der Waals surface area (Å²) in [6, 6.07) is 82.1. The second kappa shape index (κ2) is 14.7. The van der Waals surface area contributed by atoms with Crippen molar-refractivity contribution in [2.75, 3.05) is 0 Å². The van der Waals surface area contributed by atoms with E-state index in [4.69, 9.17) is 9.97 Å². The SMILES string of the molecule is c1ccc(-c2cccc(-c3ccc(-c4nc(-c5ccccc5)cc(-c5ccc(-n6c7ccccc7c7cc8c9ccccc9n(-c9ccccc9)c8cc76)cc5)n4)cc3)c2)cc1. The van der Waals surface area contributed by atoms with Gasteiger partial charge in [0.2, 0.25) is 0 Å². The first-order valence-electron chi connectivity index (χ1n) is 21.1. The topological polar surface area (TPSA) is 35.6 Å².